The van der Waals surface area contributed by atoms with E-state index >= 15 is 0 Å². The number of hydrogen-bond donors (Lipinski definition) is 1. The smallest absolute Gasteiger partial charge is 0.325 e. The molecule has 1 aliphatic heterocycles. The maximum Gasteiger partial charge on any atom is 0.325 e. The van der Waals surface area contributed by atoms with Crippen molar-refractivity contribution in [3.63, 3.8) is 0 Å². The highest BCUT2D eigenvalue weighted by Crippen LogP contribution is 2.15. The van der Waals surface area contributed by atoms with Crippen LogP contribution < -0.4 is 0 Å². The molecule has 1 aromatic rings. The highest BCUT2D eigenvalue weighted by Gasteiger charge is 2.24. The molecule has 110 valence electrons. The van der Waals surface area contributed by atoms with Gasteiger partial charge in [0.2, 0.25) is 0 Å². The lowest BCUT2D eigenvalue weighted by Crippen LogP contribution is -2.33. The van der Waals surface area contributed by atoms with Gasteiger partial charge in [-0.3, -0.25) is 9.59 Å². The summed E-state index contributed by atoms with van der Waals surface area (Å²) in [4.78, 5) is 26.6. The quantitative estimate of drug-likeness (QED) is 0.774. The van der Waals surface area contributed by atoms with Crippen LogP contribution in [0, 0.1) is 5.92 Å². The summed E-state index contributed by atoms with van der Waals surface area (Å²) in [6.07, 6.45) is 2.45. The van der Waals surface area contributed by atoms with Gasteiger partial charge in [0.15, 0.2) is 5.69 Å². The van der Waals surface area contributed by atoms with Gasteiger partial charge < -0.3 is 14.9 Å². The van der Waals surface area contributed by atoms with E-state index in [1.54, 1.807) is 11.9 Å². The van der Waals surface area contributed by atoms with Crippen LogP contribution in [0.4, 0.5) is 0 Å². The zero-order valence-corrected chi connectivity index (χ0v) is 11.7. The molecule has 8 nitrogen and oxygen atoms in total. The van der Waals surface area contributed by atoms with E-state index in [2.05, 4.69) is 22.3 Å². The van der Waals surface area contributed by atoms with Crippen LogP contribution >= 0.6 is 0 Å². The number of aliphatic carboxylic acids is 1. The van der Waals surface area contributed by atoms with Gasteiger partial charge >= 0.3 is 5.97 Å². The summed E-state index contributed by atoms with van der Waals surface area (Å²) in [5.41, 5.74) is 0.181. The number of hydrogen-bond acceptors (Lipinski definition) is 5. The second-order valence-electron chi connectivity index (χ2n) is 5.30. The molecule has 0 saturated carbocycles. The normalized spacial score (nSPS) is 19.2. The molecule has 1 aliphatic rings. The Bertz CT molecular complexity index is 501. The molecule has 1 N–H and O–H groups in total. The molecule has 0 aliphatic carbocycles. The number of carboxylic acid groups (broad SMARTS) is 1. The van der Waals surface area contributed by atoms with E-state index in [4.69, 9.17) is 5.11 Å². The average Bonchev–Trinajstić information content (AvgIpc) is 2.97. The fourth-order valence-corrected chi connectivity index (χ4v) is 2.45. The Morgan fingerprint density at radius 1 is 1.55 bits per heavy atom. The Hall–Kier alpha value is -1.96. The molecule has 1 saturated heterocycles. The second-order valence-corrected chi connectivity index (χ2v) is 5.30. The van der Waals surface area contributed by atoms with E-state index in [1.807, 2.05) is 0 Å². The van der Waals surface area contributed by atoms with Crippen LogP contribution in [0.25, 0.3) is 0 Å². The first-order chi connectivity index (χ1) is 9.45. The van der Waals surface area contributed by atoms with Gasteiger partial charge in [0.25, 0.3) is 5.91 Å². The Balaban J connectivity index is 1.92. The molecule has 2 heterocycles. The summed E-state index contributed by atoms with van der Waals surface area (Å²) < 4.78 is 1.15. The van der Waals surface area contributed by atoms with Gasteiger partial charge in [-0.1, -0.05) is 5.21 Å². The summed E-state index contributed by atoms with van der Waals surface area (Å²) in [5, 5.41) is 16.0. The van der Waals surface area contributed by atoms with Crippen molar-refractivity contribution in [3.8, 4) is 0 Å². The minimum absolute atomic E-state index is 0.181. The number of carbonyl (C=O) groups is 2. The lowest BCUT2D eigenvalue weighted by atomic mass is 10.1. The summed E-state index contributed by atoms with van der Waals surface area (Å²) in [6.45, 7) is 2.43. The van der Waals surface area contributed by atoms with Gasteiger partial charge in [0, 0.05) is 20.1 Å². The van der Waals surface area contributed by atoms with Crippen LogP contribution in [-0.4, -0.2) is 75.5 Å². The van der Waals surface area contributed by atoms with E-state index in [-0.39, 0.29) is 18.1 Å². The van der Waals surface area contributed by atoms with E-state index in [9.17, 15) is 9.59 Å². The molecule has 2 rings (SSSR count). The van der Waals surface area contributed by atoms with Crippen molar-refractivity contribution in [3.05, 3.63) is 11.9 Å². The van der Waals surface area contributed by atoms with Gasteiger partial charge in [0.05, 0.1) is 6.20 Å². The van der Waals surface area contributed by atoms with Crippen LogP contribution in [0.5, 0.6) is 0 Å². The van der Waals surface area contributed by atoms with Crippen LogP contribution in [-0.2, 0) is 11.3 Å². The van der Waals surface area contributed by atoms with Crippen molar-refractivity contribution >= 4 is 11.9 Å². The van der Waals surface area contributed by atoms with Crippen LogP contribution in [0.2, 0.25) is 0 Å². The Labute approximate surface area is 117 Å². The molecule has 1 unspecified atom stereocenters. The molecule has 20 heavy (non-hydrogen) atoms. The minimum Gasteiger partial charge on any atom is -0.480 e. The van der Waals surface area contributed by atoms with Gasteiger partial charge in [-0.05, 0) is 25.9 Å². The van der Waals surface area contributed by atoms with Crippen LogP contribution in [0.3, 0.4) is 0 Å². The van der Waals surface area contributed by atoms with E-state index < -0.39 is 5.97 Å². The van der Waals surface area contributed by atoms with Crippen LogP contribution in [0.1, 0.15) is 16.9 Å². The highest BCUT2D eigenvalue weighted by molar-refractivity contribution is 5.91. The Morgan fingerprint density at radius 2 is 2.30 bits per heavy atom. The topological polar surface area (TPSA) is 91.6 Å². The molecular formula is C12H19N5O3. The molecule has 0 radical (unpaired) electrons. The lowest BCUT2D eigenvalue weighted by molar-refractivity contribution is -0.137. The predicted octanol–water partition coefficient (Wildman–Crippen LogP) is -0.614. The number of carbonyl (C=O) groups excluding carboxylic acids is 1. The molecular weight excluding hydrogens is 262 g/mol. The molecule has 1 aromatic heterocycles. The van der Waals surface area contributed by atoms with E-state index in [0.717, 1.165) is 24.2 Å². The highest BCUT2D eigenvalue weighted by atomic mass is 16.4. The van der Waals surface area contributed by atoms with Crippen molar-refractivity contribution < 1.29 is 14.7 Å². The first-order valence-electron chi connectivity index (χ1n) is 6.51. The lowest BCUT2D eigenvalue weighted by Gasteiger charge is -2.20. The van der Waals surface area contributed by atoms with Crippen molar-refractivity contribution in [2.24, 2.45) is 5.92 Å². The number of nitrogens with zero attached hydrogens (tertiary/aromatic N) is 5. The second kappa shape index (κ2) is 6.00. The molecule has 1 amide bonds. The number of carboxylic acids is 1. The fraction of sp³-hybridized carbons (Fsp3) is 0.667. The maximum absolute atomic E-state index is 12.2. The Morgan fingerprint density at radius 3 is 2.90 bits per heavy atom. The summed E-state index contributed by atoms with van der Waals surface area (Å²) in [7, 11) is 3.80. The van der Waals surface area contributed by atoms with Crippen molar-refractivity contribution in [1.29, 1.82) is 0 Å². The average molecular weight is 281 g/mol. The SMILES string of the molecule is CN1CCC(CN(C)C(=O)c2cn(CC(=O)O)nn2)C1. The maximum atomic E-state index is 12.2. The molecule has 0 spiro atoms. The standard InChI is InChI=1S/C12H19N5O3/c1-15-4-3-9(5-15)6-16(2)12(20)10-7-17(14-13-10)8-11(18)19/h7,9H,3-6,8H2,1-2H3,(H,18,19). The molecule has 0 bridgehead atoms. The van der Waals surface area contributed by atoms with Crippen molar-refractivity contribution in [2.75, 3.05) is 33.7 Å². The third kappa shape index (κ3) is 3.53. The third-order valence-electron chi connectivity index (χ3n) is 3.42. The van der Waals surface area contributed by atoms with Gasteiger partial charge in [-0.25, -0.2) is 4.68 Å². The number of aromatic nitrogens is 3. The summed E-state index contributed by atoms with van der Waals surface area (Å²) in [6, 6.07) is 0. The number of rotatable bonds is 5. The summed E-state index contributed by atoms with van der Waals surface area (Å²) in [5.74, 6) is -0.768. The van der Waals surface area contributed by atoms with Crippen molar-refractivity contribution in [1.82, 2.24) is 24.8 Å². The predicted molar refractivity (Wildman–Crippen MR) is 70.2 cm³/mol. The Kier molecular flexibility index (Phi) is 4.33. The van der Waals surface area contributed by atoms with E-state index in [1.165, 1.54) is 6.20 Å². The first kappa shape index (κ1) is 14.4. The molecule has 8 heteroatoms. The number of likely N-dealkylation sites (tertiary alicyclic amines) is 1. The van der Waals surface area contributed by atoms with Gasteiger partial charge in [-0.2, -0.15) is 0 Å². The summed E-state index contributed by atoms with van der Waals surface area (Å²) >= 11 is 0. The molecule has 1 atom stereocenters. The van der Waals surface area contributed by atoms with Crippen molar-refractivity contribution in [2.45, 2.75) is 13.0 Å². The number of amides is 1. The zero-order chi connectivity index (χ0) is 14.7. The monoisotopic (exact) mass is 281 g/mol. The third-order valence-corrected chi connectivity index (χ3v) is 3.42. The molecule has 1 fully saturated rings. The van der Waals surface area contributed by atoms with Crippen LogP contribution in [0.15, 0.2) is 6.20 Å². The van der Waals surface area contributed by atoms with Gasteiger partial charge in [0.1, 0.15) is 6.54 Å². The zero-order valence-electron chi connectivity index (χ0n) is 11.7. The van der Waals surface area contributed by atoms with Gasteiger partial charge in [-0.15, -0.1) is 5.10 Å². The fourth-order valence-electron chi connectivity index (χ4n) is 2.45. The largest absolute Gasteiger partial charge is 0.480 e. The van der Waals surface area contributed by atoms with E-state index in [0.29, 0.717) is 12.5 Å². The molecule has 0 aromatic carbocycles. The first-order valence-corrected chi connectivity index (χ1v) is 6.51. The minimum atomic E-state index is -1.02.